The van der Waals surface area contributed by atoms with Gasteiger partial charge in [-0.15, -0.1) is 0 Å². The number of pyridine rings is 1. The summed E-state index contributed by atoms with van der Waals surface area (Å²) < 4.78 is 37.9. The van der Waals surface area contributed by atoms with E-state index < -0.39 is 29.5 Å². The van der Waals surface area contributed by atoms with Gasteiger partial charge in [0, 0.05) is 24.5 Å². The molecule has 2 unspecified atom stereocenters. The van der Waals surface area contributed by atoms with Gasteiger partial charge in [-0.2, -0.15) is 13.2 Å². The molecule has 0 saturated heterocycles. The lowest BCUT2D eigenvalue weighted by Crippen LogP contribution is -2.30. The van der Waals surface area contributed by atoms with Crippen molar-refractivity contribution in [2.45, 2.75) is 18.4 Å². The number of rotatable bonds is 4. The minimum absolute atomic E-state index is 0.0205. The molecule has 1 heterocycles. The van der Waals surface area contributed by atoms with Crippen molar-refractivity contribution in [3.63, 3.8) is 0 Å². The molecule has 0 bridgehead atoms. The van der Waals surface area contributed by atoms with Crippen LogP contribution >= 0.6 is 0 Å². The fraction of sp³-hybridized carbons (Fsp3) is 0.500. The van der Waals surface area contributed by atoms with Crippen LogP contribution in [0.1, 0.15) is 17.2 Å². The van der Waals surface area contributed by atoms with Crippen LogP contribution in [0, 0.1) is 0 Å². The Hall–Kier alpha value is -1.18. The quantitative estimate of drug-likeness (QED) is 0.736. The Labute approximate surface area is 96.1 Å². The Balaban J connectivity index is 3.05. The lowest BCUT2D eigenvalue weighted by molar-refractivity contribution is -0.140. The first kappa shape index (κ1) is 13.9. The highest BCUT2D eigenvalue weighted by molar-refractivity contribution is 5.29. The first-order valence-corrected chi connectivity index (χ1v) is 4.89. The molecule has 0 aromatic carbocycles. The number of aliphatic hydroxyl groups is 2. The molecule has 0 amide bonds. The zero-order valence-corrected chi connectivity index (χ0v) is 9.07. The lowest BCUT2D eigenvalue weighted by Gasteiger charge is -2.21. The number of alkyl halides is 3. The van der Waals surface area contributed by atoms with Gasteiger partial charge in [0.1, 0.15) is 6.10 Å². The SMILES string of the molecule is CNCC(O)C(O)c1cnccc1C(F)(F)F. The largest absolute Gasteiger partial charge is 0.416 e. The Kier molecular flexibility index (Phi) is 4.44. The lowest BCUT2D eigenvalue weighted by atomic mass is 10.0. The van der Waals surface area contributed by atoms with Crippen LogP contribution in [0.3, 0.4) is 0 Å². The fourth-order valence-corrected chi connectivity index (χ4v) is 1.43. The van der Waals surface area contributed by atoms with Crippen molar-refractivity contribution in [1.29, 1.82) is 0 Å². The molecule has 0 radical (unpaired) electrons. The van der Waals surface area contributed by atoms with E-state index in [1.54, 1.807) is 0 Å². The third-order valence-corrected chi connectivity index (χ3v) is 2.25. The van der Waals surface area contributed by atoms with E-state index in [0.717, 1.165) is 18.5 Å². The maximum absolute atomic E-state index is 12.6. The number of aromatic nitrogens is 1. The molecule has 4 nitrogen and oxygen atoms in total. The van der Waals surface area contributed by atoms with Gasteiger partial charge in [-0.3, -0.25) is 4.98 Å². The van der Waals surface area contributed by atoms with Crippen LogP contribution in [-0.2, 0) is 6.18 Å². The number of hydrogen-bond donors (Lipinski definition) is 3. The molecular weight excluding hydrogens is 237 g/mol. The number of nitrogens with zero attached hydrogens (tertiary/aromatic N) is 1. The molecule has 3 N–H and O–H groups in total. The molecule has 96 valence electrons. The topological polar surface area (TPSA) is 65.4 Å². The smallest absolute Gasteiger partial charge is 0.389 e. The van der Waals surface area contributed by atoms with Gasteiger partial charge in [0.15, 0.2) is 0 Å². The summed E-state index contributed by atoms with van der Waals surface area (Å²) in [6.07, 6.45) is -5.65. The van der Waals surface area contributed by atoms with Crippen LogP contribution in [0.5, 0.6) is 0 Å². The van der Waals surface area contributed by atoms with Gasteiger partial charge in [0.25, 0.3) is 0 Å². The maximum Gasteiger partial charge on any atom is 0.416 e. The number of aliphatic hydroxyl groups excluding tert-OH is 2. The van der Waals surface area contributed by atoms with Crippen LogP contribution in [0.15, 0.2) is 18.5 Å². The predicted octanol–water partition coefficient (Wildman–Crippen LogP) is 0.714. The third-order valence-electron chi connectivity index (χ3n) is 2.25. The minimum atomic E-state index is -4.58. The molecule has 0 aliphatic heterocycles. The molecule has 7 heteroatoms. The van der Waals surface area contributed by atoms with Crippen LogP contribution in [0.4, 0.5) is 13.2 Å². The molecule has 0 saturated carbocycles. The summed E-state index contributed by atoms with van der Waals surface area (Å²) in [4.78, 5) is 3.53. The van der Waals surface area contributed by atoms with E-state index in [9.17, 15) is 23.4 Å². The van der Waals surface area contributed by atoms with Crippen molar-refractivity contribution in [2.75, 3.05) is 13.6 Å². The normalized spacial score (nSPS) is 15.6. The van der Waals surface area contributed by atoms with Crippen molar-refractivity contribution < 1.29 is 23.4 Å². The minimum Gasteiger partial charge on any atom is -0.389 e. The summed E-state index contributed by atoms with van der Waals surface area (Å²) >= 11 is 0. The Morgan fingerprint density at radius 3 is 2.59 bits per heavy atom. The monoisotopic (exact) mass is 250 g/mol. The summed E-state index contributed by atoms with van der Waals surface area (Å²) in [5, 5.41) is 21.7. The molecular formula is C10H13F3N2O2. The van der Waals surface area contributed by atoms with E-state index in [-0.39, 0.29) is 6.54 Å². The number of likely N-dealkylation sites (N-methyl/N-ethyl adjacent to an activating group) is 1. The van der Waals surface area contributed by atoms with Crippen molar-refractivity contribution in [3.05, 3.63) is 29.6 Å². The number of nitrogens with one attached hydrogen (secondary N) is 1. The van der Waals surface area contributed by atoms with Gasteiger partial charge in [0.2, 0.25) is 0 Å². The summed E-state index contributed by atoms with van der Waals surface area (Å²) in [6.45, 7) is -0.0205. The summed E-state index contributed by atoms with van der Waals surface area (Å²) in [7, 11) is 1.52. The predicted molar refractivity (Wildman–Crippen MR) is 54.1 cm³/mol. The molecule has 0 spiro atoms. The zero-order chi connectivity index (χ0) is 13.1. The van der Waals surface area contributed by atoms with E-state index in [2.05, 4.69) is 10.3 Å². The second-order valence-electron chi connectivity index (χ2n) is 3.53. The van der Waals surface area contributed by atoms with Gasteiger partial charge in [0.05, 0.1) is 11.7 Å². The van der Waals surface area contributed by atoms with Gasteiger partial charge >= 0.3 is 6.18 Å². The average molecular weight is 250 g/mol. The summed E-state index contributed by atoms with van der Waals surface area (Å²) in [6, 6.07) is 0.768. The molecule has 0 fully saturated rings. The van der Waals surface area contributed by atoms with Crippen molar-refractivity contribution in [2.24, 2.45) is 0 Å². The Morgan fingerprint density at radius 2 is 2.06 bits per heavy atom. The van der Waals surface area contributed by atoms with Crippen LogP contribution < -0.4 is 5.32 Å². The molecule has 1 aromatic rings. The van der Waals surface area contributed by atoms with E-state index in [1.807, 2.05) is 0 Å². The zero-order valence-electron chi connectivity index (χ0n) is 9.07. The Morgan fingerprint density at radius 1 is 1.41 bits per heavy atom. The number of hydrogen-bond acceptors (Lipinski definition) is 4. The van der Waals surface area contributed by atoms with Crippen LogP contribution in [-0.4, -0.2) is 34.9 Å². The molecule has 1 rings (SSSR count). The Bertz CT molecular complexity index is 371. The fourth-order valence-electron chi connectivity index (χ4n) is 1.43. The van der Waals surface area contributed by atoms with E-state index >= 15 is 0 Å². The van der Waals surface area contributed by atoms with Gasteiger partial charge in [-0.1, -0.05) is 0 Å². The average Bonchev–Trinajstić information content (AvgIpc) is 2.27. The van der Waals surface area contributed by atoms with E-state index in [1.165, 1.54) is 7.05 Å². The second-order valence-corrected chi connectivity index (χ2v) is 3.53. The van der Waals surface area contributed by atoms with Gasteiger partial charge in [-0.05, 0) is 13.1 Å². The molecule has 0 aliphatic rings. The van der Waals surface area contributed by atoms with E-state index in [0.29, 0.717) is 0 Å². The van der Waals surface area contributed by atoms with Gasteiger partial charge < -0.3 is 15.5 Å². The molecule has 17 heavy (non-hydrogen) atoms. The molecule has 1 aromatic heterocycles. The van der Waals surface area contributed by atoms with Crippen LogP contribution in [0.2, 0.25) is 0 Å². The van der Waals surface area contributed by atoms with E-state index in [4.69, 9.17) is 0 Å². The number of halogens is 3. The molecule has 0 aliphatic carbocycles. The van der Waals surface area contributed by atoms with Crippen molar-refractivity contribution in [3.8, 4) is 0 Å². The maximum atomic E-state index is 12.6. The highest BCUT2D eigenvalue weighted by Crippen LogP contribution is 2.34. The molecule has 2 atom stereocenters. The summed E-state index contributed by atoms with van der Waals surface area (Å²) in [5.74, 6) is 0. The van der Waals surface area contributed by atoms with Crippen LogP contribution in [0.25, 0.3) is 0 Å². The van der Waals surface area contributed by atoms with Crippen molar-refractivity contribution in [1.82, 2.24) is 10.3 Å². The standard InChI is InChI=1S/C10H13F3N2O2/c1-14-5-8(16)9(17)6-4-15-3-2-7(6)10(11,12)13/h2-4,8-9,14,16-17H,5H2,1H3. The third kappa shape index (κ3) is 3.39. The first-order chi connectivity index (χ1) is 7.88. The highest BCUT2D eigenvalue weighted by atomic mass is 19.4. The summed E-state index contributed by atoms with van der Waals surface area (Å²) in [5.41, 5.74) is -1.42. The first-order valence-electron chi connectivity index (χ1n) is 4.89. The highest BCUT2D eigenvalue weighted by Gasteiger charge is 2.36. The van der Waals surface area contributed by atoms with Crippen molar-refractivity contribution >= 4 is 0 Å². The second kappa shape index (κ2) is 5.44. The van der Waals surface area contributed by atoms with Gasteiger partial charge in [-0.25, -0.2) is 0 Å².